The maximum absolute atomic E-state index is 3.57. The van der Waals surface area contributed by atoms with Crippen LogP contribution in [0.15, 0.2) is 6.58 Å². The molecule has 0 N–H and O–H groups in total. The minimum absolute atomic E-state index is 0. The van der Waals surface area contributed by atoms with Crippen LogP contribution in [0.3, 0.4) is 0 Å². The second kappa shape index (κ2) is 18.0. The van der Waals surface area contributed by atoms with Gasteiger partial charge < -0.3 is 24.0 Å². The molecule has 12 heavy (non-hydrogen) atoms. The Kier molecular flexibility index (Phi) is 28.2. The van der Waals surface area contributed by atoms with E-state index < -0.39 is 0 Å². The van der Waals surface area contributed by atoms with E-state index in [0.717, 1.165) is 6.42 Å². The summed E-state index contributed by atoms with van der Waals surface area (Å²) >= 11 is 0. The summed E-state index contributed by atoms with van der Waals surface area (Å²) in [6, 6.07) is 0. The zero-order valence-electron chi connectivity index (χ0n) is 8.24. The predicted octanol–water partition coefficient (Wildman–Crippen LogP) is 0.728. The molecule has 0 bridgehead atoms. The fourth-order valence-electron chi connectivity index (χ4n) is 1.03. The van der Waals surface area contributed by atoms with Gasteiger partial charge in [0.05, 0.1) is 0 Å². The fourth-order valence-corrected chi connectivity index (χ4v) is 1.03. The number of rotatable bonds is 7. The van der Waals surface area contributed by atoms with E-state index in [-0.39, 0.29) is 43.5 Å². The van der Waals surface area contributed by atoms with Crippen molar-refractivity contribution in [3.63, 3.8) is 0 Å². The molecule has 0 unspecified atom stereocenters. The molecule has 0 heterocycles. The Morgan fingerprint density at radius 2 is 1.50 bits per heavy atom. The molecule has 0 aliphatic heterocycles. The molecule has 0 aliphatic carbocycles. The number of allylic oxidation sites excluding steroid dienone is 1. The van der Waals surface area contributed by atoms with Crippen molar-refractivity contribution in [1.29, 1.82) is 0 Å². The summed E-state index contributed by atoms with van der Waals surface area (Å²) in [6.45, 7) is 5.82. The molecule has 0 fully saturated rings. The number of hydrogen-bond acceptors (Lipinski definition) is 0. The Balaban J connectivity index is -0.000000405. The average Bonchev–Trinajstić information content (AvgIpc) is 1.97. The predicted molar refractivity (Wildman–Crippen MR) is 46.9 cm³/mol. The Bertz CT molecular complexity index is 74.2. The topological polar surface area (TPSA) is 0 Å². The molecule has 0 nitrogen and oxygen atoms in total. The standard InChI is InChI=1S/C10H19.HI.Zn/c1-3-5-7-9-10-8-6-4-2;;/h1,4-10H2,2H3;1H;/p-1. The number of halogens is 1. The summed E-state index contributed by atoms with van der Waals surface area (Å²) < 4.78 is 0. The quantitative estimate of drug-likeness (QED) is 0.366. The SMILES string of the molecule is C=[C]CCCCCCCC.[I-].[Zn]. The zero-order chi connectivity index (χ0) is 7.66. The minimum Gasteiger partial charge on any atom is -1.00 e. The van der Waals surface area contributed by atoms with Gasteiger partial charge in [-0.3, -0.25) is 0 Å². The van der Waals surface area contributed by atoms with Gasteiger partial charge in [0.15, 0.2) is 0 Å². The molecule has 0 aromatic rings. The first kappa shape index (κ1) is 18.8. The van der Waals surface area contributed by atoms with Crippen LogP contribution in [0, 0.1) is 6.08 Å². The van der Waals surface area contributed by atoms with Crippen LogP contribution in [0.5, 0.6) is 0 Å². The van der Waals surface area contributed by atoms with Crippen molar-refractivity contribution in [2.45, 2.75) is 51.9 Å². The Morgan fingerprint density at radius 1 is 1.00 bits per heavy atom. The van der Waals surface area contributed by atoms with Gasteiger partial charge in [-0.15, -0.1) is 0 Å². The smallest absolute Gasteiger partial charge is 0 e. The van der Waals surface area contributed by atoms with Crippen molar-refractivity contribution in [3.05, 3.63) is 12.7 Å². The van der Waals surface area contributed by atoms with Crippen molar-refractivity contribution < 1.29 is 43.5 Å². The van der Waals surface area contributed by atoms with Crippen molar-refractivity contribution in [2.24, 2.45) is 0 Å². The van der Waals surface area contributed by atoms with E-state index in [1.54, 1.807) is 0 Å². The summed E-state index contributed by atoms with van der Waals surface area (Å²) in [4.78, 5) is 0. The molecule has 0 atom stereocenters. The van der Waals surface area contributed by atoms with Gasteiger partial charge in [0.2, 0.25) is 0 Å². The van der Waals surface area contributed by atoms with Crippen molar-refractivity contribution in [3.8, 4) is 0 Å². The summed E-state index contributed by atoms with van der Waals surface area (Å²) in [5.41, 5.74) is 0. The molecule has 0 saturated heterocycles. The molecule has 0 aromatic heterocycles. The van der Waals surface area contributed by atoms with Crippen LogP contribution >= 0.6 is 0 Å². The number of hydrogen-bond donors (Lipinski definition) is 0. The molecule has 1 radical (unpaired) electrons. The second-order valence-corrected chi connectivity index (χ2v) is 2.77. The minimum atomic E-state index is 0. The maximum atomic E-state index is 3.57. The van der Waals surface area contributed by atoms with Gasteiger partial charge in [0.1, 0.15) is 0 Å². The van der Waals surface area contributed by atoms with Gasteiger partial charge >= 0.3 is 0 Å². The monoisotopic (exact) mass is 330 g/mol. The van der Waals surface area contributed by atoms with Gasteiger partial charge in [0, 0.05) is 19.5 Å². The third-order valence-corrected chi connectivity index (χ3v) is 1.71. The van der Waals surface area contributed by atoms with Crippen LogP contribution in [0.4, 0.5) is 0 Å². The largest absolute Gasteiger partial charge is 1.00 e. The van der Waals surface area contributed by atoms with Gasteiger partial charge in [-0.05, 0) is 12.8 Å². The van der Waals surface area contributed by atoms with Crippen molar-refractivity contribution in [2.75, 3.05) is 0 Å². The molecular weight excluding hydrogens is 312 g/mol. The molecule has 69 valence electrons. The van der Waals surface area contributed by atoms with E-state index in [2.05, 4.69) is 19.6 Å². The van der Waals surface area contributed by atoms with Gasteiger partial charge in [0.25, 0.3) is 0 Å². The summed E-state index contributed by atoms with van der Waals surface area (Å²) in [7, 11) is 0. The first-order chi connectivity index (χ1) is 4.91. The normalized spacial score (nSPS) is 8.08. The van der Waals surface area contributed by atoms with Crippen LogP contribution in [-0.4, -0.2) is 0 Å². The fraction of sp³-hybridized carbons (Fsp3) is 0.800. The zero-order valence-corrected chi connectivity index (χ0v) is 13.4. The Hall–Kier alpha value is 1.09. The maximum Gasteiger partial charge on any atom is 0 e. The van der Waals surface area contributed by atoms with Crippen LogP contribution < -0.4 is 24.0 Å². The molecule has 0 spiro atoms. The number of unbranched alkanes of at least 4 members (excludes halogenated alkanes) is 6. The van der Waals surface area contributed by atoms with Crippen molar-refractivity contribution >= 4 is 0 Å². The van der Waals surface area contributed by atoms with E-state index in [0.29, 0.717) is 0 Å². The third-order valence-electron chi connectivity index (χ3n) is 1.71. The van der Waals surface area contributed by atoms with Crippen LogP contribution in [0.25, 0.3) is 0 Å². The molecule has 0 amide bonds. The van der Waals surface area contributed by atoms with Crippen LogP contribution in [0.1, 0.15) is 51.9 Å². The second-order valence-electron chi connectivity index (χ2n) is 2.77. The molecule has 0 saturated carbocycles. The molecule has 0 aliphatic rings. The first-order valence-corrected chi connectivity index (χ1v) is 4.41. The summed E-state index contributed by atoms with van der Waals surface area (Å²) in [6.07, 6.45) is 12.2. The van der Waals surface area contributed by atoms with Gasteiger partial charge in [-0.2, -0.15) is 0 Å². The van der Waals surface area contributed by atoms with E-state index in [1.807, 2.05) is 0 Å². The van der Waals surface area contributed by atoms with Gasteiger partial charge in [-0.1, -0.05) is 51.7 Å². The average molecular weight is 332 g/mol. The molecule has 0 aromatic carbocycles. The molecular formula is C10H19IZn-. The van der Waals surface area contributed by atoms with E-state index in [1.165, 1.54) is 38.5 Å². The van der Waals surface area contributed by atoms with Crippen molar-refractivity contribution in [1.82, 2.24) is 0 Å². The Morgan fingerprint density at radius 3 is 2.00 bits per heavy atom. The first-order valence-electron chi connectivity index (χ1n) is 4.41. The Labute approximate surface area is 107 Å². The van der Waals surface area contributed by atoms with E-state index in [4.69, 9.17) is 0 Å². The van der Waals surface area contributed by atoms with Crippen LogP contribution in [0.2, 0.25) is 0 Å². The van der Waals surface area contributed by atoms with E-state index >= 15 is 0 Å². The molecule has 2 heteroatoms. The molecule has 0 rings (SSSR count). The van der Waals surface area contributed by atoms with Gasteiger partial charge in [-0.25, -0.2) is 0 Å². The third kappa shape index (κ3) is 17.3. The summed E-state index contributed by atoms with van der Waals surface area (Å²) in [5.74, 6) is 0. The summed E-state index contributed by atoms with van der Waals surface area (Å²) in [5, 5.41) is 0. The van der Waals surface area contributed by atoms with Crippen LogP contribution in [-0.2, 0) is 19.5 Å². The van der Waals surface area contributed by atoms with E-state index in [9.17, 15) is 0 Å².